The van der Waals surface area contributed by atoms with Crippen molar-refractivity contribution in [2.45, 2.75) is 6.92 Å². The van der Waals surface area contributed by atoms with E-state index in [0.29, 0.717) is 5.75 Å². The van der Waals surface area contributed by atoms with E-state index in [1.54, 1.807) is 24.3 Å². The maximum absolute atomic E-state index is 11.1. The Morgan fingerprint density at radius 1 is 1.25 bits per heavy atom. The van der Waals surface area contributed by atoms with Crippen LogP contribution in [0.25, 0.3) is 0 Å². The number of hydrogen-bond donors (Lipinski definition) is 2. The number of hydrazine groups is 1. The van der Waals surface area contributed by atoms with Gasteiger partial charge in [-0.05, 0) is 24.3 Å². The predicted octanol–water partition coefficient (Wildman–Crippen LogP) is 0.995. The molecule has 0 saturated heterocycles. The van der Waals surface area contributed by atoms with Gasteiger partial charge in [0.05, 0.1) is 0 Å². The molecule has 2 N–H and O–H groups in total. The van der Waals surface area contributed by atoms with Crippen molar-refractivity contribution in [2.24, 2.45) is 0 Å². The molecular formula is C10H11BrN2O3. The van der Waals surface area contributed by atoms with Gasteiger partial charge in [-0.3, -0.25) is 20.4 Å². The van der Waals surface area contributed by atoms with Crippen molar-refractivity contribution in [1.29, 1.82) is 0 Å². The van der Waals surface area contributed by atoms with Crippen molar-refractivity contribution in [3.05, 3.63) is 28.7 Å². The van der Waals surface area contributed by atoms with E-state index < -0.39 is 5.91 Å². The fraction of sp³-hybridized carbons (Fsp3) is 0.200. The quantitative estimate of drug-likeness (QED) is 0.815. The topological polar surface area (TPSA) is 67.4 Å². The van der Waals surface area contributed by atoms with Gasteiger partial charge >= 0.3 is 0 Å². The fourth-order valence-electron chi connectivity index (χ4n) is 0.874. The van der Waals surface area contributed by atoms with Crippen molar-refractivity contribution in [3.8, 4) is 5.75 Å². The lowest BCUT2D eigenvalue weighted by Gasteiger charge is -2.07. The Bertz CT molecular complexity index is 378. The average molecular weight is 287 g/mol. The number of rotatable bonds is 3. The van der Waals surface area contributed by atoms with Gasteiger partial charge in [0.1, 0.15) is 5.75 Å². The minimum atomic E-state index is -0.418. The molecule has 0 fully saturated rings. The first-order valence-corrected chi connectivity index (χ1v) is 5.31. The van der Waals surface area contributed by atoms with Crippen LogP contribution in [0.1, 0.15) is 6.92 Å². The Hall–Kier alpha value is -1.56. The van der Waals surface area contributed by atoms with E-state index in [0.717, 1.165) is 4.47 Å². The number of halogens is 1. The minimum absolute atomic E-state index is 0.151. The van der Waals surface area contributed by atoms with Crippen molar-refractivity contribution in [2.75, 3.05) is 6.61 Å². The second kappa shape index (κ2) is 6.12. The van der Waals surface area contributed by atoms with Crippen molar-refractivity contribution < 1.29 is 14.3 Å². The molecule has 0 spiro atoms. The van der Waals surface area contributed by atoms with E-state index in [9.17, 15) is 9.59 Å². The zero-order valence-electron chi connectivity index (χ0n) is 8.62. The zero-order chi connectivity index (χ0) is 12.0. The van der Waals surface area contributed by atoms with Crippen LogP contribution in [-0.2, 0) is 9.59 Å². The number of amides is 2. The van der Waals surface area contributed by atoms with Crippen LogP contribution in [0.2, 0.25) is 0 Å². The summed E-state index contributed by atoms with van der Waals surface area (Å²) in [4.78, 5) is 21.6. The number of carbonyl (C=O) groups is 2. The van der Waals surface area contributed by atoms with Gasteiger partial charge in [0.2, 0.25) is 5.91 Å². The first kappa shape index (κ1) is 12.5. The summed E-state index contributed by atoms with van der Waals surface area (Å²) in [5.74, 6) is -0.170. The van der Waals surface area contributed by atoms with Crippen LogP contribution in [0.4, 0.5) is 0 Å². The molecule has 1 rings (SSSR count). The highest BCUT2D eigenvalue weighted by molar-refractivity contribution is 9.10. The zero-order valence-corrected chi connectivity index (χ0v) is 10.2. The first-order chi connectivity index (χ1) is 7.58. The van der Waals surface area contributed by atoms with Crippen LogP contribution in [0.15, 0.2) is 28.7 Å². The summed E-state index contributed by atoms with van der Waals surface area (Å²) in [5, 5.41) is 0. The van der Waals surface area contributed by atoms with Crippen LogP contribution < -0.4 is 15.6 Å². The number of carbonyl (C=O) groups excluding carboxylic acids is 2. The van der Waals surface area contributed by atoms with Gasteiger partial charge in [-0.15, -0.1) is 0 Å². The normalized spacial score (nSPS) is 9.38. The van der Waals surface area contributed by atoms with Gasteiger partial charge in [0.15, 0.2) is 6.61 Å². The van der Waals surface area contributed by atoms with Gasteiger partial charge in [-0.2, -0.15) is 0 Å². The number of nitrogens with one attached hydrogen (secondary N) is 2. The maximum Gasteiger partial charge on any atom is 0.276 e. The van der Waals surface area contributed by atoms with Gasteiger partial charge in [0, 0.05) is 11.4 Å². The van der Waals surface area contributed by atoms with E-state index in [1.807, 2.05) is 0 Å². The molecule has 5 nitrogen and oxygen atoms in total. The molecule has 16 heavy (non-hydrogen) atoms. The van der Waals surface area contributed by atoms with E-state index >= 15 is 0 Å². The van der Waals surface area contributed by atoms with Crippen LogP contribution in [0, 0.1) is 0 Å². The summed E-state index contributed by atoms with van der Waals surface area (Å²) in [5.41, 5.74) is 4.36. The molecular weight excluding hydrogens is 276 g/mol. The molecule has 0 unspecified atom stereocenters. The molecule has 0 aromatic heterocycles. The van der Waals surface area contributed by atoms with Gasteiger partial charge in [-0.1, -0.05) is 15.9 Å². The lowest BCUT2D eigenvalue weighted by Crippen LogP contribution is -2.42. The van der Waals surface area contributed by atoms with E-state index in [2.05, 4.69) is 26.8 Å². The Morgan fingerprint density at radius 2 is 1.88 bits per heavy atom. The monoisotopic (exact) mass is 286 g/mol. The summed E-state index contributed by atoms with van der Waals surface area (Å²) >= 11 is 3.28. The Labute approximate surface area is 101 Å². The summed E-state index contributed by atoms with van der Waals surface area (Å²) in [6.45, 7) is 1.15. The predicted molar refractivity (Wildman–Crippen MR) is 61.6 cm³/mol. The second-order valence-electron chi connectivity index (χ2n) is 2.97. The molecule has 1 aromatic carbocycles. The smallest absolute Gasteiger partial charge is 0.276 e. The van der Waals surface area contributed by atoms with Gasteiger partial charge in [-0.25, -0.2) is 0 Å². The van der Waals surface area contributed by atoms with E-state index in [4.69, 9.17) is 4.74 Å². The molecule has 0 heterocycles. The second-order valence-corrected chi connectivity index (χ2v) is 3.89. The molecule has 0 aliphatic rings. The molecule has 0 radical (unpaired) electrons. The Morgan fingerprint density at radius 3 is 2.44 bits per heavy atom. The molecule has 86 valence electrons. The summed E-state index contributed by atoms with van der Waals surface area (Å²) < 4.78 is 6.10. The molecule has 0 saturated carbocycles. The Balaban J connectivity index is 2.31. The number of hydrogen-bond acceptors (Lipinski definition) is 3. The summed E-state index contributed by atoms with van der Waals surface area (Å²) in [6.07, 6.45) is 0. The fourth-order valence-corrected chi connectivity index (χ4v) is 1.14. The van der Waals surface area contributed by atoms with E-state index in [-0.39, 0.29) is 12.5 Å². The first-order valence-electron chi connectivity index (χ1n) is 4.51. The minimum Gasteiger partial charge on any atom is -0.484 e. The lowest BCUT2D eigenvalue weighted by molar-refractivity contribution is -0.129. The molecule has 0 bridgehead atoms. The van der Waals surface area contributed by atoms with Gasteiger partial charge < -0.3 is 4.74 Å². The third-order valence-corrected chi connectivity index (χ3v) is 2.09. The number of benzene rings is 1. The van der Waals surface area contributed by atoms with Crippen LogP contribution >= 0.6 is 15.9 Å². The van der Waals surface area contributed by atoms with Crippen molar-refractivity contribution in [3.63, 3.8) is 0 Å². The molecule has 1 aromatic rings. The highest BCUT2D eigenvalue weighted by atomic mass is 79.9. The van der Waals surface area contributed by atoms with Crippen LogP contribution in [-0.4, -0.2) is 18.4 Å². The van der Waals surface area contributed by atoms with E-state index in [1.165, 1.54) is 6.92 Å². The third kappa shape index (κ3) is 4.79. The summed E-state index contributed by atoms with van der Waals surface area (Å²) in [7, 11) is 0. The average Bonchev–Trinajstić information content (AvgIpc) is 2.25. The molecule has 0 aliphatic heterocycles. The van der Waals surface area contributed by atoms with Crippen molar-refractivity contribution in [1.82, 2.24) is 10.9 Å². The Kier molecular flexibility index (Phi) is 4.78. The molecule has 0 atom stereocenters. The molecule has 6 heteroatoms. The number of ether oxygens (including phenoxy) is 1. The van der Waals surface area contributed by atoms with Crippen LogP contribution in [0.3, 0.4) is 0 Å². The standard InChI is InChI=1S/C10H11BrN2O3/c1-7(14)12-13-10(15)6-16-9-4-2-8(11)3-5-9/h2-5H,6H2,1H3,(H,12,14)(H,13,15). The maximum atomic E-state index is 11.1. The third-order valence-electron chi connectivity index (χ3n) is 1.56. The molecule has 0 aliphatic carbocycles. The highest BCUT2D eigenvalue weighted by Gasteiger charge is 2.02. The summed E-state index contributed by atoms with van der Waals surface area (Å²) in [6, 6.07) is 7.08. The highest BCUT2D eigenvalue weighted by Crippen LogP contribution is 2.15. The van der Waals surface area contributed by atoms with Gasteiger partial charge in [0.25, 0.3) is 5.91 Å². The lowest BCUT2D eigenvalue weighted by atomic mass is 10.3. The SMILES string of the molecule is CC(=O)NNC(=O)COc1ccc(Br)cc1. The molecule has 2 amide bonds. The largest absolute Gasteiger partial charge is 0.484 e. The van der Waals surface area contributed by atoms with Crippen molar-refractivity contribution >= 4 is 27.7 Å². The van der Waals surface area contributed by atoms with Crippen LogP contribution in [0.5, 0.6) is 5.75 Å².